The van der Waals surface area contributed by atoms with E-state index in [0.29, 0.717) is 23.7 Å². The van der Waals surface area contributed by atoms with Crippen molar-refractivity contribution in [1.82, 2.24) is 15.1 Å². The molecule has 1 aliphatic heterocycles. The van der Waals surface area contributed by atoms with Gasteiger partial charge in [0, 0.05) is 39.3 Å². The number of hydrogen-bond donors (Lipinski definition) is 2. The Hall–Kier alpha value is -0.910. The second kappa shape index (κ2) is 10.3. The van der Waals surface area contributed by atoms with Crippen LogP contribution in [-0.2, 0) is 4.79 Å². The summed E-state index contributed by atoms with van der Waals surface area (Å²) in [6, 6.07) is 0. The molecule has 5 fully saturated rings. The normalized spacial score (nSPS) is 46.8. The van der Waals surface area contributed by atoms with Gasteiger partial charge >= 0.3 is 0 Å². The Morgan fingerprint density at radius 3 is 2.31 bits per heavy atom. The SMILES string of the molecule is CN1CCN(CCNC(=O)[C@]23CCC(C)(C)C[C@H]2C2=CCC4[C@@]5(C)CC[C@H](O)C(C)(C)[C@@H]5CC[C@@]4(C)[C@]2(C)CC3)CC1. The van der Waals surface area contributed by atoms with E-state index in [1.165, 1.54) is 12.8 Å². The highest BCUT2D eigenvalue weighted by atomic mass is 16.3. The maximum absolute atomic E-state index is 14.4. The third kappa shape index (κ3) is 4.51. The van der Waals surface area contributed by atoms with Gasteiger partial charge in [0.1, 0.15) is 0 Å². The minimum atomic E-state index is -0.246. The highest BCUT2D eigenvalue weighted by Gasteiger charge is 2.69. The molecule has 5 heteroatoms. The Kier molecular flexibility index (Phi) is 7.63. The first-order chi connectivity index (χ1) is 19.6. The van der Waals surface area contributed by atoms with E-state index in [4.69, 9.17) is 0 Å². The van der Waals surface area contributed by atoms with Crippen molar-refractivity contribution in [1.29, 1.82) is 0 Å². The van der Waals surface area contributed by atoms with Crippen LogP contribution in [0, 0.1) is 50.2 Å². The number of carbonyl (C=O) groups is 1. The van der Waals surface area contributed by atoms with Gasteiger partial charge in [0.15, 0.2) is 0 Å². The molecule has 4 saturated carbocycles. The summed E-state index contributed by atoms with van der Waals surface area (Å²) in [5.41, 5.74) is 2.32. The molecule has 0 bridgehead atoms. The van der Waals surface area contributed by atoms with Crippen LogP contribution < -0.4 is 5.32 Å². The van der Waals surface area contributed by atoms with Crippen LogP contribution in [0.25, 0.3) is 0 Å². The van der Waals surface area contributed by atoms with Gasteiger partial charge in [0.05, 0.1) is 11.5 Å². The summed E-state index contributed by atoms with van der Waals surface area (Å²) in [5.74, 6) is 1.93. The molecule has 1 unspecified atom stereocenters. The number of piperazine rings is 1. The molecule has 42 heavy (non-hydrogen) atoms. The van der Waals surface area contributed by atoms with E-state index in [0.717, 1.165) is 90.6 Å². The first kappa shape index (κ1) is 31.1. The summed E-state index contributed by atoms with van der Waals surface area (Å²) in [6.45, 7) is 23.7. The summed E-state index contributed by atoms with van der Waals surface area (Å²) in [6.07, 6.45) is 13.7. The zero-order valence-electron chi connectivity index (χ0n) is 28.5. The first-order valence-corrected chi connectivity index (χ1v) is 17.7. The molecule has 1 amide bonds. The lowest BCUT2D eigenvalue weighted by molar-refractivity contribution is -0.203. The van der Waals surface area contributed by atoms with Crippen molar-refractivity contribution in [3.05, 3.63) is 11.6 Å². The summed E-state index contributed by atoms with van der Waals surface area (Å²) in [7, 11) is 2.20. The smallest absolute Gasteiger partial charge is 0.226 e. The number of likely N-dealkylation sites (N-methyl/N-ethyl adjacent to an activating group) is 1. The highest BCUT2D eigenvalue weighted by Crippen LogP contribution is 2.75. The van der Waals surface area contributed by atoms with Gasteiger partial charge in [0.25, 0.3) is 0 Å². The van der Waals surface area contributed by atoms with Gasteiger partial charge in [-0.25, -0.2) is 0 Å². The van der Waals surface area contributed by atoms with Crippen LogP contribution in [-0.4, -0.2) is 73.2 Å². The molecular formula is C37H63N3O2. The Morgan fingerprint density at radius 2 is 1.60 bits per heavy atom. The summed E-state index contributed by atoms with van der Waals surface area (Å²) < 4.78 is 0. The number of allylic oxidation sites excluding steroid dienone is 2. The molecule has 6 rings (SSSR count). The van der Waals surface area contributed by atoms with Crippen molar-refractivity contribution >= 4 is 5.91 Å². The quantitative estimate of drug-likeness (QED) is 0.372. The lowest BCUT2D eigenvalue weighted by atomic mass is 9.33. The number of amides is 1. The van der Waals surface area contributed by atoms with Gasteiger partial charge < -0.3 is 15.3 Å². The van der Waals surface area contributed by atoms with Gasteiger partial charge in [-0.2, -0.15) is 0 Å². The Balaban J connectivity index is 1.28. The van der Waals surface area contributed by atoms with Crippen LogP contribution in [0.5, 0.6) is 0 Å². The molecule has 5 aliphatic carbocycles. The molecule has 1 heterocycles. The number of aliphatic hydroxyl groups is 1. The zero-order chi connectivity index (χ0) is 30.3. The van der Waals surface area contributed by atoms with Crippen LogP contribution in [0.4, 0.5) is 0 Å². The molecular weight excluding hydrogens is 518 g/mol. The van der Waals surface area contributed by atoms with E-state index in [2.05, 4.69) is 76.7 Å². The summed E-state index contributed by atoms with van der Waals surface area (Å²) in [5, 5.41) is 14.6. The Bertz CT molecular complexity index is 1090. The monoisotopic (exact) mass is 581 g/mol. The van der Waals surface area contributed by atoms with Crippen molar-refractivity contribution < 1.29 is 9.90 Å². The van der Waals surface area contributed by atoms with Crippen molar-refractivity contribution in [2.24, 2.45) is 50.2 Å². The van der Waals surface area contributed by atoms with Crippen molar-refractivity contribution in [3.63, 3.8) is 0 Å². The number of carbonyl (C=O) groups excluding carboxylic acids is 1. The van der Waals surface area contributed by atoms with Crippen LogP contribution in [0.1, 0.15) is 113 Å². The fourth-order valence-electron chi connectivity index (χ4n) is 12.2. The molecule has 0 aromatic rings. The van der Waals surface area contributed by atoms with Crippen LogP contribution in [0.3, 0.4) is 0 Å². The molecule has 0 spiro atoms. The van der Waals surface area contributed by atoms with Gasteiger partial charge in [-0.3, -0.25) is 9.69 Å². The minimum Gasteiger partial charge on any atom is -0.393 e. The van der Waals surface area contributed by atoms with Crippen molar-refractivity contribution in [2.45, 2.75) is 119 Å². The fraction of sp³-hybridized carbons (Fsp3) is 0.919. The van der Waals surface area contributed by atoms with Gasteiger partial charge in [0.2, 0.25) is 5.91 Å². The van der Waals surface area contributed by atoms with Gasteiger partial charge in [-0.1, -0.05) is 60.1 Å². The van der Waals surface area contributed by atoms with Crippen LogP contribution >= 0.6 is 0 Å². The van der Waals surface area contributed by atoms with E-state index in [1.807, 2.05) is 0 Å². The largest absolute Gasteiger partial charge is 0.393 e. The third-order valence-electron chi connectivity index (χ3n) is 15.4. The third-order valence-corrected chi connectivity index (χ3v) is 15.4. The standard InChI is InChI=1S/C37H63N3O2/c1-32(2)15-17-37(31(42)38-19-20-40-23-21-39(8)22-24-40)18-16-35(6)26(27(37)25-32)9-10-29-34(5)13-12-30(41)33(3,4)28(34)11-14-36(29,35)7/h9,27-30,41H,10-25H2,1-8H3,(H,38,42)/t27-,28-,29?,30-,34-,35+,36+,37-/m0/s1. The lowest BCUT2D eigenvalue weighted by Crippen LogP contribution is -2.65. The molecule has 0 aromatic heterocycles. The maximum Gasteiger partial charge on any atom is 0.226 e. The van der Waals surface area contributed by atoms with E-state index < -0.39 is 0 Å². The maximum atomic E-state index is 14.4. The lowest BCUT2D eigenvalue weighted by Gasteiger charge is -2.71. The number of fused-ring (bicyclic) bond motifs is 7. The minimum absolute atomic E-state index is 0.0173. The second-order valence-corrected chi connectivity index (χ2v) is 18.1. The van der Waals surface area contributed by atoms with E-state index >= 15 is 0 Å². The van der Waals surface area contributed by atoms with Gasteiger partial charge in [-0.05, 0) is 116 Å². The molecule has 2 N–H and O–H groups in total. The average Bonchev–Trinajstić information content (AvgIpc) is 2.92. The van der Waals surface area contributed by atoms with Crippen LogP contribution in [0.2, 0.25) is 0 Å². The second-order valence-electron chi connectivity index (χ2n) is 18.1. The Morgan fingerprint density at radius 1 is 0.905 bits per heavy atom. The van der Waals surface area contributed by atoms with Crippen LogP contribution in [0.15, 0.2) is 11.6 Å². The first-order valence-electron chi connectivity index (χ1n) is 17.7. The number of nitrogens with zero attached hydrogens (tertiary/aromatic N) is 2. The van der Waals surface area contributed by atoms with E-state index in [1.54, 1.807) is 5.57 Å². The number of nitrogens with one attached hydrogen (secondary N) is 1. The molecule has 0 aromatic carbocycles. The van der Waals surface area contributed by atoms with Crippen molar-refractivity contribution in [3.8, 4) is 0 Å². The number of hydrogen-bond acceptors (Lipinski definition) is 4. The van der Waals surface area contributed by atoms with E-state index in [-0.39, 0.29) is 38.6 Å². The summed E-state index contributed by atoms with van der Waals surface area (Å²) >= 11 is 0. The number of aliphatic hydroxyl groups excluding tert-OH is 1. The molecule has 5 nitrogen and oxygen atoms in total. The van der Waals surface area contributed by atoms with E-state index in [9.17, 15) is 9.90 Å². The molecule has 1 saturated heterocycles. The number of rotatable bonds is 4. The molecule has 0 radical (unpaired) electrons. The molecule has 238 valence electrons. The summed E-state index contributed by atoms with van der Waals surface area (Å²) in [4.78, 5) is 19.3. The molecule has 8 atom stereocenters. The van der Waals surface area contributed by atoms with Gasteiger partial charge in [-0.15, -0.1) is 0 Å². The Labute approximate surface area is 257 Å². The predicted octanol–water partition coefficient (Wildman–Crippen LogP) is 6.51. The fourth-order valence-corrected chi connectivity index (χ4v) is 12.2. The zero-order valence-corrected chi connectivity index (χ0v) is 28.5. The predicted molar refractivity (Wildman–Crippen MR) is 172 cm³/mol. The topological polar surface area (TPSA) is 55.8 Å². The average molecular weight is 582 g/mol. The highest BCUT2D eigenvalue weighted by molar-refractivity contribution is 5.84. The molecule has 6 aliphatic rings. The van der Waals surface area contributed by atoms with Crippen molar-refractivity contribution in [2.75, 3.05) is 46.3 Å².